The fraction of sp³-hybridized carbons (Fsp3) is 0.679. The number of aliphatic carboxylic acids is 1. The highest BCUT2D eigenvalue weighted by atomic mass is 28.4. The highest BCUT2D eigenvalue weighted by Gasteiger charge is 2.50. The van der Waals surface area contributed by atoms with Crippen molar-refractivity contribution >= 4 is 34.2 Å². The van der Waals surface area contributed by atoms with Crippen molar-refractivity contribution in [1.82, 2.24) is 19.7 Å². The first-order valence-electron chi connectivity index (χ1n) is 14.1. The van der Waals surface area contributed by atoms with Crippen LogP contribution in [0.15, 0.2) is 24.8 Å². The molecule has 1 aliphatic carbocycles. The number of aromatic nitrogens is 4. The molecule has 0 aromatic carbocycles. The molecule has 0 unspecified atom stereocenters. The zero-order valence-corrected chi connectivity index (χ0v) is 28.0. The summed E-state index contributed by atoms with van der Waals surface area (Å²) in [4.78, 5) is 32.6. The second-order valence-corrected chi connectivity index (χ2v) is 23.6. The van der Waals surface area contributed by atoms with Gasteiger partial charge >= 0.3 is 5.97 Å². The van der Waals surface area contributed by atoms with Gasteiger partial charge in [-0.25, -0.2) is 14.4 Å². The quantitative estimate of drug-likeness (QED) is 0.250. The van der Waals surface area contributed by atoms with Crippen LogP contribution in [-0.2, 0) is 20.2 Å². The van der Waals surface area contributed by atoms with Crippen LogP contribution in [0.3, 0.4) is 0 Å². The van der Waals surface area contributed by atoms with E-state index in [1.807, 2.05) is 0 Å². The van der Waals surface area contributed by atoms with Crippen molar-refractivity contribution in [3.8, 4) is 0 Å². The average Bonchev–Trinajstić information content (AvgIpc) is 3.41. The van der Waals surface area contributed by atoms with Crippen molar-refractivity contribution in [2.24, 2.45) is 5.92 Å². The van der Waals surface area contributed by atoms with Crippen LogP contribution in [-0.4, -0.2) is 78.2 Å². The normalized spacial score (nSPS) is 22.1. The largest absolute Gasteiger partial charge is 0.480 e. The van der Waals surface area contributed by atoms with E-state index in [1.165, 1.54) is 24.8 Å². The third kappa shape index (κ3) is 7.68. The van der Waals surface area contributed by atoms with Crippen molar-refractivity contribution < 1.29 is 27.9 Å². The summed E-state index contributed by atoms with van der Waals surface area (Å²) in [5.74, 6) is -1.55. The zero-order valence-electron chi connectivity index (χ0n) is 26.0. The second kappa shape index (κ2) is 12.0. The topological polar surface area (TPSA) is 128 Å². The van der Waals surface area contributed by atoms with Crippen molar-refractivity contribution in [3.63, 3.8) is 0 Å². The molecule has 0 radical (unpaired) electrons. The van der Waals surface area contributed by atoms with Crippen LogP contribution in [0.5, 0.6) is 0 Å². The van der Waals surface area contributed by atoms with Gasteiger partial charge in [0, 0.05) is 24.9 Å². The van der Waals surface area contributed by atoms with E-state index in [9.17, 15) is 9.59 Å². The first-order chi connectivity index (χ1) is 18.7. The summed E-state index contributed by atoms with van der Waals surface area (Å²) >= 11 is 0. The molecule has 1 fully saturated rings. The van der Waals surface area contributed by atoms with E-state index in [0.717, 1.165) is 4.68 Å². The van der Waals surface area contributed by atoms with Gasteiger partial charge in [0.1, 0.15) is 30.6 Å². The van der Waals surface area contributed by atoms with E-state index in [2.05, 4.69) is 88.1 Å². The van der Waals surface area contributed by atoms with E-state index < -0.39 is 46.7 Å². The Kier molecular flexibility index (Phi) is 9.68. The van der Waals surface area contributed by atoms with E-state index in [-0.39, 0.29) is 39.6 Å². The van der Waals surface area contributed by atoms with Gasteiger partial charge in [-0.1, -0.05) is 41.5 Å². The Labute approximate surface area is 244 Å². The lowest BCUT2D eigenvalue weighted by Crippen LogP contribution is -2.49. The highest BCUT2D eigenvalue weighted by molar-refractivity contribution is 6.74. The molecular weight excluding hydrogens is 562 g/mol. The molecule has 2 aromatic rings. The summed E-state index contributed by atoms with van der Waals surface area (Å²) < 4.78 is 30.7. The number of ketones is 1. The summed E-state index contributed by atoms with van der Waals surface area (Å²) in [7, 11) is -4.40. The molecule has 2 heterocycles. The fourth-order valence-corrected chi connectivity index (χ4v) is 6.64. The number of carboxylic acids is 1. The van der Waals surface area contributed by atoms with Crippen LogP contribution >= 0.6 is 0 Å². The molecule has 0 amide bonds. The number of anilines is 1. The molecule has 2 N–H and O–H groups in total. The van der Waals surface area contributed by atoms with Crippen LogP contribution < -0.4 is 5.32 Å². The summed E-state index contributed by atoms with van der Waals surface area (Å²) in [6, 6.07) is 0.774. The summed E-state index contributed by atoms with van der Waals surface area (Å²) in [5.41, 5.74) is 0.176. The third-order valence-electron chi connectivity index (χ3n) is 8.87. The number of nitrogens with one attached hydrogen (secondary N) is 1. The van der Waals surface area contributed by atoms with Gasteiger partial charge in [-0.15, -0.1) is 0 Å². The number of carbonyl (C=O) groups is 2. The molecule has 3 rings (SSSR count). The number of carbonyl (C=O) groups excluding carboxylic acids is 1. The van der Waals surface area contributed by atoms with Crippen molar-refractivity contribution in [2.45, 2.75) is 109 Å². The van der Waals surface area contributed by atoms with Crippen molar-refractivity contribution in [3.05, 3.63) is 36.0 Å². The Balaban J connectivity index is 1.87. The molecule has 0 bridgehead atoms. The number of hydrogen-bond donors (Lipinski definition) is 2. The van der Waals surface area contributed by atoms with Crippen LogP contribution in [0.2, 0.25) is 36.3 Å². The van der Waals surface area contributed by atoms with Crippen LogP contribution in [0, 0.1) is 5.92 Å². The van der Waals surface area contributed by atoms with Gasteiger partial charge in [-0.3, -0.25) is 14.3 Å². The lowest BCUT2D eigenvalue weighted by atomic mass is 10.1. The van der Waals surface area contributed by atoms with Gasteiger partial charge in [0.15, 0.2) is 16.6 Å². The molecule has 2 aromatic heterocycles. The lowest BCUT2D eigenvalue weighted by Gasteiger charge is -2.41. The summed E-state index contributed by atoms with van der Waals surface area (Å²) in [6.07, 6.45) is 2.50. The Morgan fingerprint density at radius 2 is 1.76 bits per heavy atom. The molecule has 0 saturated heterocycles. The predicted molar refractivity (Wildman–Crippen MR) is 161 cm³/mol. The Hall–Kier alpha value is -2.49. The maximum atomic E-state index is 16.3. The second-order valence-electron chi connectivity index (χ2n) is 14.0. The van der Waals surface area contributed by atoms with Gasteiger partial charge in [-0.2, -0.15) is 5.10 Å². The maximum absolute atomic E-state index is 16.3. The molecule has 1 aliphatic rings. The molecule has 13 heteroatoms. The van der Waals surface area contributed by atoms with Crippen LogP contribution in [0.1, 0.15) is 64.0 Å². The van der Waals surface area contributed by atoms with E-state index in [4.69, 9.17) is 14.0 Å². The Morgan fingerprint density at radius 1 is 1.12 bits per heavy atom. The number of rotatable bonds is 11. The molecule has 4 atom stereocenters. The molecule has 0 spiro atoms. The van der Waals surface area contributed by atoms with Gasteiger partial charge in [0.2, 0.25) is 5.78 Å². The highest BCUT2D eigenvalue weighted by Crippen LogP contribution is 2.44. The van der Waals surface area contributed by atoms with Crippen LogP contribution in [0.4, 0.5) is 10.2 Å². The minimum atomic E-state index is -2.31. The molecule has 0 aliphatic heterocycles. The van der Waals surface area contributed by atoms with Gasteiger partial charge in [0.25, 0.3) is 0 Å². The minimum absolute atomic E-state index is 0.0157. The number of alkyl halides is 1. The molecule has 228 valence electrons. The Bertz CT molecular complexity index is 1240. The summed E-state index contributed by atoms with van der Waals surface area (Å²) in [5, 5.41) is 16.2. The number of carboxylic acid groups (broad SMARTS) is 1. The monoisotopic (exact) mass is 607 g/mol. The fourth-order valence-electron chi connectivity index (χ4n) is 4.22. The Morgan fingerprint density at radius 3 is 2.34 bits per heavy atom. The van der Waals surface area contributed by atoms with Crippen molar-refractivity contribution in [1.29, 1.82) is 0 Å². The third-order valence-corrected chi connectivity index (χ3v) is 17.8. The number of nitrogens with zero attached hydrogens (tertiary/aromatic N) is 4. The van der Waals surface area contributed by atoms with Gasteiger partial charge in [0.05, 0.1) is 17.7 Å². The van der Waals surface area contributed by atoms with Gasteiger partial charge in [-0.05, 0) is 48.8 Å². The van der Waals surface area contributed by atoms with Crippen LogP contribution in [0.25, 0.3) is 0 Å². The molecular formula is C28H46FN5O5Si2. The first-order valence-corrected chi connectivity index (χ1v) is 19.9. The SMILES string of the molecule is CC(C)(C)[Si](C)(C)OC[C@H]1C[C@@H](Nc2ncncc2C(=O)c2ccn(CC(=O)O)n2)[C@@H](F)[C@@H]1O[Si](C)(C)C(C)(C)C. The average molecular weight is 608 g/mol. The number of hydrogen-bond acceptors (Lipinski definition) is 8. The van der Waals surface area contributed by atoms with E-state index >= 15 is 4.39 Å². The van der Waals surface area contributed by atoms with Gasteiger partial charge < -0.3 is 19.3 Å². The zero-order chi connectivity index (χ0) is 31.0. The maximum Gasteiger partial charge on any atom is 0.325 e. The predicted octanol–water partition coefficient (Wildman–Crippen LogP) is 5.54. The molecule has 1 saturated carbocycles. The van der Waals surface area contributed by atoms with Crippen molar-refractivity contribution in [2.75, 3.05) is 11.9 Å². The van der Waals surface area contributed by atoms with E-state index in [1.54, 1.807) is 0 Å². The lowest BCUT2D eigenvalue weighted by molar-refractivity contribution is -0.137. The minimum Gasteiger partial charge on any atom is -0.480 e. The molecule has 10 nitrogen and oxygen atoms in total. The molecule has 41 heavy (non-hydrogen) atoms. The van der Waals surface area contributed by atoms with E-state index in [0.29, 0.717) is 13.0 Å². The smallest absolute Gasteiger partial charge is 0.325 e. The summed E-state index contributed by atoms with van der Waals surface area (Å²) in [6.45, 7) is 21.6. The standard InChI is InChI=1S/C28H46FN5O5Si2/c1-27(2,3)40(7,8)38-16-18-13-21(23(29)25(18)39-41(9,10)28(4,5)6)32-26-19(14-30-17-31-26)24(37)20-11-12-34(33-20)15-22(35)36/h11-12,14,17-18,21,23,25H,13,15-16H2,1-10H3,(H,35,36)(H,30,31,32)/t18-,21-,23-,25-/m1/s1. The number of halogens is 1. The first kappa shape index (κ1) is 33.0.